The molecule has 1 unspecified atom stereocenters. The Labute approximate surface area is 133 Å². The van der Waals surface area contributed by atoms with E-state index in [-0.39, 0.29) is 11.7 Å². The minimum absolute atomic E-state index is 0.0672. The summed E-state index contributed by atoms with van der Waals surface area (Å²) in [6.07, 6.45) is 1.81. The first-order valence-corrected chi connectivity index (χ1v) is 8.17. The fraction of sp³-hybridized carbons (Fsp3) is 0.562. The largest absolute Gasteiger partial charge is 0.490 e. The smallest absolute Gasteiger partial charge is 0.169 e. The van der Waals surface area contributed by atoms with Crippen LogP contribution in [-0.2, 0) is 4.74 Å². The number of ketones is 1. The molecule has 0 N–H and O–H groups in total. The highest BCUT2D eigenvalue weighted by Gasteiger charge is 2.26. The first kappa shape index (κ1) is 16.3. The van der Waals surface area contributed by atoms with E-state index in [1.54, 1.807) is 6.07 Å². The van der Waals surface area contributed by atoms with E-state index < -0.39 is 0 Å². The Morgan fingerprint density at radius 3 is 2.52 bits per heavy atom. The molecule has 1 fully saturated rings. The van der Waals surface area contributed by atoms with Crippen molar-refractivity contribution in [2.45, 2.75) is 26.7 Å². The molecule has 1 aliphatic heterocycles. The molecule has 1 aromatic rings. The SMILES string of the molecule is CCOc1cc(Br)c(C(=O)C2CCCOC2)cc1OCC. The lowest BCUT2D eigenvalue weighted by Gasteiger charge is -2.22. The molecule has 0 spiro atoms. The lowest BCUT2D eigenvalue weighted by atomic mass is 9.92. The van der Waals surface area contributed by atoms with Crippen LogP contribution in [0.2, 0.25) is 0 Å². The van der Waals surface area contributed by atoms with Crippen molar-refractivity contribution in [1.82, 2.24) is 0 Å². The summed E-state index contributed by atoms with van der Waals surface area (Å²) in [5.74, 6) is 1.30. The third-order valence-corrected chi connectivity index (χ3v) is 4.09. The summed E-state index contributed by atoms with van der Waals surface area (Å²) in [4.78, 5) is 12.6. The van der Waals surface area contributed by atoms with Crippen LogP contribution in [0.15, 0.2) is 16.6 Å². The van der Waals surface area contributed by atoms with Gasteiger partial charge in [-0.2, -0.15) is 0 Å². The highest BCUT2D eigenvalue weighted by Crippen LogP contribution is 2.35. The highest BCUT2D eigenvalue weighted by molar-refractivity contribution is 9.10. The van der Waals surface area contributed by atoms with E-state index in [9.17, 15) is 4.79 Å². The maximum Gasteiger partial charge on any atom is 0.169 e. The monoisotopic (exact) mass is 356 g/mol. The number of halogens is 1. The zero-order chi connectivity index (χ0) is 15.2. The average Bonchev–Trinajstić information content (AvgIpc) is 2.50. The molecule has 1 aromatic carbocycles. The molecular weight excluding hydrogens is 336 g/mol. The predicted molar refractivity (Wildman–Crippen MR) is 84.4 cm³/mol. The van der Waals surface area contributed by atoms with E-state index in [0.717, 1.165) is 23.9 Å². The van der Waals surface area contributed by atoms with Crippen molar-refractivity contribution in [3.8, 4) is 11.5 Å². The second-order valence-corrected chi connectivity index (χ2v) is 5.78. The first-order valence-electron chi connectivity index (χ1n) is 7.38. The molecule has 21 heavy (non-hydrogen) atoms. The third-order valence-electron chi connectivity index (χ3n) is 3.43. The highest BCUT2D eigenvalue weighted by atomic mass is 79.9. The van der Waals surface area contributed by atoms with E-state index in [1.807, 2.05) is 19.9 Å². The molecule has 1 aliphatic rings. The normalized spacial score (nSPS) is 18.3. The van der Waals surface area contributed by atoms with Gasteiger partial charge in [0.1, 0.15) is 0 Å². The van der Waals surface area contributed by atoms with Crippen LogP contribution in [0.25, 0.3) is 0 Å². The van der Waals surface area contributed by atoms with Crippen molar-refractivity contribution >= 4 is 21.7 Å². The van der Waals surface area contributed by atoms with Gasteiger partial charge in [0, 0.05) is 22.6 Å². The molecule has 0 aromatic heterocycles. The Bertz CT molecular complexity index is 495. The van der Waals surface area contributed by atoms with E-state index >= 15 is 0 Å². The fourth-order valence-corrected chi connectivity index (χ4v) is 2.95. The van der Waals surface area contributed by atoms with Crippen molar-refractivity contribution in [1.29, 1.82) is 0 Å². The van der Waals surface area contributed by atoms with Gasteiger partial charge in [-0.25, -0.2) is 0 Å². The maximum absolute atomic E-state index is 12.6. The van der Waals surface area contributed by atoms with E-state index in [1.165, 1.54) is 0 Å². The van der Waals surface area contributed by atoms with Gasteiger partial charge >= 0.3 is 0 Å². The van der Waals surface area contributed by atoms with Gasteiger partial charge in [0.05, 0.1) is 19.8 Å². The number of hydrogen-bond donors (Lipinski definition) is 0. The van der Waals surface area contributed by atoms with Gasteiger partial charge in [-0.3, -0.25) is 4.79 Å². The van der Waals surface area contributed by atoms with Crippen molar-refractivity contribution in [2.24, 2.45) is 5.92 Å². The van der Waals surface area contributed by atoms with Crippen LogP contribution in [0.3, 0.4) is 0 Å². The molecule has 116 valence electrons. The lowest BCUT2D eigenvalue weighted by molar-refractivity contribution is 0.0460. The van der Waals surface area contributed by atoms with E-state index in [4.69, 9.17) is 14.2 Å². The number of carbonyl (C=O) groups is 1. The standard InChI is InChI=1S/C16H21BrO4/c1-3-20-14-8-12(13(17)9-15(14)21-4-2)16(18)11-6-5-7-19-10-11/h8-9,11H,3-7,10H2,1-2H3. The molecule has 0 aliphatic carbocycles. The van der Waals surface area contributed by atoms with Gasteiger partial charge in [0.2, 0.25) is 0 Å². The summed E-state index contributed by atoms with van der Waals surface area (Å²) in [7, 11) is 0. The first-order chi connectivity index (χ1) is 10.2. The summed E-state index contributed by atoms with van der Waals surface area (Å²) in [5, 5.41) is 0. The number of carbonyl (C=O) groups excluding carboxylic acids is 1. The van der Waals surface area contributed by atoms with Crippen molar-refractivity contribution in [3.63, 3.8) is 0 Å². The molecule has 0 radical (unpaired) electrons. The van der Waals surface area contributed by atoms with E-state index in [0.29, 0.717) is 36.9 Å². The number of benzene rings is 1. The summed E-state index contributed by atoms with van der Waals surface area (Å²) >= 11 is 3.47. The Morgan fingerprint density at radius 2 is 1.95 bits per heavy atom. The second-order valence-electron chi connectivity index (χ2n) is 4.92. The van der Waals surface area contributed by atoms with Crippen LogP contribution in [0.5, 0.6) is 11.5 Å². The molecule has 0 bridgehead atoms. The Kier molecular flexibility index (Phi) is 6.06. The van der Waals surface area contributed by atoms with Crippen LogP contribution in [-0.4, -0.2) is 32.2 Å². The molecule has 0 saturated carbocycles. The number of Topliss-reactive ketones (excluding diaryl/α,β-unsaturated/α-hetero) is 1. The van der Waals surface area contributed by atoms with Crippen LogP contribution in [0, 0.1) is 5.92 Å². The Balaban J connectivity index is 2.29. The molecule has 5 heteroatoms. The van der Waals surface area contributed by atoms with Gasteiger partial charge < -0.3 is 14.2 Å². The van der Waals surface area contributed by atoms with Crippen LogP contribution in [0.4, 0.5) is 0 Å². The van der Waals surface area contributed by atoms with Crippen molar-refractivity contribution in [3.05, 3.63) is 22.2 Å². The van der Waals surface area contributed by atoms with Gasteiger partial charge in [-0.15, -0.1) is 0 Å². The summed E-state index contributed by atoms with van der Waals surface area (Å²) in [5.41, 5.74) is 0.636. The molecular formula is C16H21BrO4. The topological polar surface area (TPSA) is 44.8 Å². The average molecular weight is 357 g/mol. The third kappa shape index (κ3) is 3.98. The molecule has 0 amide bonds. The summed E-state index contributed by atoms with van der Waals surface area (Å²) < 4.78 is 17.3. The fourth-order valence-electron chi connectivity index (χ4n) is 2.43. The minimum Gasteiger partial charge on any atom is -0.490 e. The van der Waals surface area contributed by atoms with Gasteiger partial charge in [-0.05, 0) is 54.8 Å². The van der Waals surface area contributed by atoms with Crippen LogP contribution < -0.4 is 9.47 Å². The van der Waals surface area contributed by atoms with Gasteiger partial charge in [-0.1, -0.05) is 0 Å². The molecule has 4 nitrogen and oxygen atoms in total. The van der Waals surface area contributed by atoms with Gasteiger partial charge in [0.25, 0.3) is 0 Å². The summed E-state index contributed by atoms with van der Waals surface area (Å²) in [6.45, 7) is 6.16. The van der Waals surface area contributed by atoms with Crippen molar-refractivity contribution in [2.75, 3.05) is 26.4 Å². The predicted octanol–water partition coefficient (Wildman–Crippen LogP) is 3.86. The minimum atomic E-state index is -0.0672. The number of rotatable bonds is 6. The van der Waals surface area contributed by atoms with E-state index in [2.05, 4.69) is 15.9 Å². The van der Waals surface area contributed by atoms with Crippen LogP contribution >= 0.6 is 15.9 Å². The van der Waals surface area contributed by atoms with Gasteiger partial charge in [0.15, 0.2) is 17.3 Å². The lowest BCUT2D eigenvalue weighted by Crippen LogP contribution is -2.25. The molecule has 1 saturated heterocycles. The molecule has 2 rings (SSSR count). The molecule has 1 heterocycles. The zero-order valence-corrected chi connectivity index (χ0v) is 14.1. The van der Waals surface area contributed by atoms with Crippen molar-refractivity contribution < 1.29 is 19.0 Å². The number of hydrogen-bond acceptors (Lipinski definition) is 4. The molecule has 1 atom stereocenters. The Morgan fingerprint density at radius 1 is 1.29 bits per heavy atom. The quantitative estimate of drug-likeness (QED) is 0.726. The maximum atomic E-state index is 12.6. The second kappa shape index (κ2) is 7.80. The Hall–Kier alpha value is -1.07. The zero-order valence-electron chi connectivity index (χ0n) is 12.5. The number of ether oxygens (including phenoxy) is 3. The summed E-state index contributed by atoms with van der Waals surface area (Å²) in [6, 6.07) is 3.58. The van der Waals surface area contributed by atoms with Crippen LogP contribution in [0.1, 0.15) is 37.0 Å².